The number of nitrogens with zero attached hydrogens (tertiary/aromatic N) is 4. The number of nitrogens with one attached hydrogen (secondary N) is 1. The molecular weight excluding hydrogens is 461 g/mol. The average Bonchev–Trinajstić information content (AvgIpc) is 3.22. The minimum Gasteiger partial charge on any atom is -0.359 e. The van der Waals surface area contributed by atoms with Crippen molar-refractivity contribution >= 4 is 41.3 Å². The van der Waals surface area contributed by atoms with E-state index in [9.17, 15) is 0 Å². The van der Waals surface area contributed by atoms with Gasteiger partial charge in [-0.15, -0.1) is 35.3 Å². The first kappa shape index (κ1) is 22.9. The molecule has 0 bridgehead atoms. The first-order valence-corrected chi connectivity index (χ1v) is 9.81. The van der Waals surface area contributed by atoms with Gasteiger partial charge in [0, 0.05) is 31.0 Å². The molecule has 2 aromatic heterocycles. The number of aryl methyl sites for hydroxylation is 1. The van der Waals surface area contributed by atoms with Gasteiger partial charge in [-0.25, -0.2) is 9.98 Å². The smallest absolute Gasteiger partial charge is 0.194 e. The standard InChI is InChI=1S/C18H29N5OS.HI/c1-6-14(7-2)17-9-16(24-22-17)10-20-18(19-8-3)23(5)11-15-12-25-13(4)21-15;/h9,12,14H,6-8,10-11H2,1-5H3,(H,19,20);1H. The van der Waals surface area contributed by atoms with Crippen molar-refractivity contribution in [2.75, 3.05) is 13.6 Å². The fourth-order valence-corrected chi connectivity index (χ4v) is 3.33. The fourth-order valence-electron chi connectivity index (χ4n) is 2.72. The number of hydrogen-bond acceptors (Lipinski definition) is 5. The average molecular weight is 491 g/mol. The summed E-state index contributed by atoms with van der Waals surface area (Å²) in [5.41, 5.74) is 2.10. The Labute approximate surface area is 177 Å². The lowest BCUT2D eigenvalue weighted by atomic mass is 9.99. The lowest BCUT2D eigenvalue weighted by Crippen LogP contribution is -2.38. The van der Waals surface area contributed by atoms with Crippen molar-refractivity contribution in [1.82, 2.24) is 20.4 Å². The number of aliphatic imine (C=N–C) groups is 1. The number of aromatic nitrogens is 2. The fraction of sp³-hybridized carbons (Fsp3) is 0.611. The van der Waals surface area contributed by atoms with Crippen LogP contribution in [0.25, 0.3) is 0 Å². The van der Waals surface area contributed by atoms with Gasteiger partial charge in [0.2, 0.25) is 0 Å². The van der Waals surface area contributed by atoms with Crippen LogP contribution in [0, 0.1) is 6.92 Å². The molecule has 0 aromatic carbocycles. The highest BCUT2D eigenvalue weighted by atomic mass is 127. The Kier molecular flexibility index (Phi) is 10.1. The van der Waals surface area contributed by atoms with Gasteiger partial charge in [-0.1, -0.05) is 19.0 Å². The van der Waals surface area contributed by atoms with Crippen molar-refractivity contribution in [1.29, 1.82) is 0 Å². The Morgan fingerprint density at radius 3 is 2.65 bits per heavy atom. The van der Waals surface area contributed by atoms with Crippen LogP contribution >= 0.6 is 35.3 Å². The summed E-state index contributed by atoms with van der Waals surface area (Å²) in [6.45, 7) is 10.5. The highest BCUT2D eigenvalue weighted by Crippen LogP contribution is 2.22. The molecule has 0 aliphatic rings. The number of thiazole rings is 1. The first-order chi connectivity index (χ1) is 12.1. The molecule has 0 unspecified atom stereocenters. The van der Waals surface area contributed by atoms with Crippen LogP contribution < -0.4 is 5.32 Å². The Bertz CT molecular complexity index is 681. The van der Waals surface area contributed by atoms with Crippen LogP contribution in [0.1, 0.15) is 61.7 Å². The van der Waals surface area contributed by atoms with E-state index in [4.69, 9.17) is 4.52 Å². The van der Waals surface area contributed by atoms with Crippen LogP contribution in [-0.4, -0.2) is 34.6 Å². The highest BCUT2D eigenvalue weighted by molar-refractivity contribution is 14.0. The zero-order valence-electron chi connectivity index (χ0n) is 16.3. The van der Waals surface area contributed by atoms with Crippen LogP contribution in [0.15, 0.2) is 21.0 Å². The monoisotopic (exact) mass is 491 g/mol. The third-order valence-electron chi connectivity index (χ3n) is 4.13. The Morgan fingerprint density at radius 2 is 2.08 bits per heavy atom. The van der Waals surface area contributed by atoms with Gasteiger partial charge in [-0.05, 0) is 26.7 Å². The summed E-state index contributed by atoms with van der Waals surface area (Å²) in [4.78, 5) is 11.3. The second kappa shape index (κ2) is 11.5. The minimum atomic E-state index is 0. The molecule has 0 amide bonds. The van der Waals surface area contributed by atoms with Gasteiger partial charge in [0.05, 0.1) is 22.9 Å². The van der Waals surface area contributed by atoms with Crippen molar-refractivity contribution < 1.29 is 4.52 Å². The van der Waals surface area contributed by atoms with Crippen LogP contribution in [-0.2, 0) is 13.1 Å². The zero-order chi connectivity index (χ0) is 18.2. The quantitative estimate of drug-likeness (QED) is 0.333. The van der Waals surface area contributed by atoms with E-state index in [0.29, 0.717) is 12.5 Å². The van der Waals surface area contributed by atoms with Gasteiger partial charge < -0.3 is 14.7 Å². The molecule has 0 saturated carbocycles. The molecule has 0 fully saturated rings. The van der Waals surface area contributed by atoms with Crippen molar-refractivity contribution in [3.63, 3.8) is 0 Å². The number of guanidine groups is 1. The van der Waals surface area contributed by atoms with E-state index >= 15 is 0 Å². The van der Waals surface area contributed by atoms with E-state index in [2.05, 4.69) is 51.5 Å². The van der Waals surface area contributed by atoms with Crippen molar-refractivity contribution in [3.8, 4) is 0 Å². The summed E-state index contributed by atoms with van der Waals surface area (Å²) >= 11 is 1.67. The van der Waals surface area contributed by atoms with E-state index in [1.54, 1.807) is 11.3 Å². The molecule has 2 rings (SSSR count). The molecule has 0 spiro atoms. The molecule has 8 heteroatoms. The molecular formula is C18H30IN5OS. The second-order valence-corrected chi connectivity index (χ2v) is 7.18. The van der Waals surface area contributed by atoms with Crippen LogP contribution in [0.3, 0.4) is 0 Å². The van der Waals surface area contributed by atoms with Gasteiger partial charge in [-0.3, -0.25) is 0 Å². The van der Waals surface area contributed by atoms with Gasteiger partial charge >= 0.3 is 0 Å². The summed E-state index contributed by atoms with van der Waals surface area (Å²) in [6.07, 6.45) is 2.15. The van der Waals surface area contributed by atoms with E-state index in [1.807, 2.05) is 20.0 Å². The summed E-state index contributed by atoms with van der Waals surface area (Å²) in [6, 6.07) is 2.04. The Hall–Kier alpha value is -1.16. The largest absolute Gasteiger partial charge is 0.359 e. The topological polar surface area (TPSA) is 66.6 Å². The van der Waals surface area contributed by atoms with Crippen molar-refractivity contribution in [3.05, 3.63) is 33.6 Å². The predicted molar refractivity (Wildman–Crippen MR) is 118 cm³/mol. The summed E-state index contributed by atoms with van der Waals surface area (Å²) in [5.74, 6) is 2.11. The maximum atomic E-state index is 5.47. The Morgan fingerprint density at radius 1 is 1.35 bits per heavy atom. The molecule has 6 nitrogen and oxygen atoms in total. The van der Waals surface area contributed by atoms with Gasteiger partial charge in [0.1, 0.15) is 6.54 Å². The van der Waals surface area contributed by atoms with Crippen LogP contribution in [0.5, 0.6) is 0 Å². The molecule has 26 heavy (non-hydrogen) atoms. The SMILES string of the molecule is CCNC(=NCc1cc(C(CC)CC)no1)N(C)Cc1csc(C)n1.I. The number of rotatable bonds is 8. The normalized spacial score (nSPS) is 11.5. The van der Waals surface area contributed by atoms with Crippen molar-refractivity contribution in [2.24, 2.45) is 4.99 Å². The molecule has 2 heterocycles. The predicted octanol–water partition coefficient (Wildman–Crippen LogP) is 4.56. The summed E-state index contributed by atoms with van der Waals surface area (Å²) < 4.78 is 5.47. The Balaban J connectivity index is 0.00000338. The highest BCUT2D eigenvalue weighted by Gasteiger charge is 2.13. The maximum absolute atomic E-state index is 5.47. The number of hydrogen-bond donors (Lipinski definition) is 1. The van der Waals surface area contributed by atoms with E-state index in [0.717, 1.165) is 54.0 Å². The third kappa shape index (κ3) is 6.53. The molecule has 0 atom stereocenters. The van der Waals surface area contributed by atoms with E-state index < -0.39 is 0 Å². The summed E-state index contributed by atoms with van der Waals surface area (Å²) in [7, 11) is 2.02. The van der Waals surface area contributed by atoms with Gasteiger partial charge in [0.15, 0.2) is 11.7 Å². The maximum Gasteiger partial charge on any atom is 0.194 e. The second-order valence-electron chi connectivity index (χ2n) is 6.12. The van der Waals surface area contributed by atoms with E-state index in [1.165, 1.54) is 0 Å². The molecule has 2 aromatic rings. The minimum absolute atomic E-state index is 0. The zero-order valence-corrected chi connectivity index (χ0v) is 19.4. The van der Waals surface area contributed by atoms with Crippen LogP contribution in [0.4, 0.5) is 0 Å². The van der Waals surface area contributed by atoms with Gasteiger partial charge in [0.25, 0.3) is 0 Å². The lowest BCUT2D eigenvalue weighted by Gasteiger charge is -2.20. The molecule has 146 valence electrons. The molecule has 0 saturated heterocycles. The third-order valence-corrected chi connectivity index (χ3v) is 4.95. The molecule has 0 radical (unpaired) electrons. The number of halogens is 1. The van der Waals surface area contributed by atoms with Crippen LogP contribution in [0.2, 0.25) is 0 Å². The van der Waals surface area contributed by atoms with Crippen molar-refractivity contribution in [2.45, 2.75) is 59.5 Å². The summed E-state index contributed by atoms with van der Waals surface area (Å²) in [5, 5.41) is 10.7. The molecule has 1 N–H and O–H groups in total. The lowest BCUT2D eigenvalue weighted by molar-refractivity contribution is 0.371. The van der Waals surface area contributed by atoms with E-state index in [-0.39, 0.29) is 24.0 Å². The molecule has 0 aliphatic heterocycles. The molecule has 0 aliphatic carbocycles. The van der Waals surface area contributed by atoms with Gasteiger partial charge in [-0.2, -0.15) is 0 Å². The first-order valence-electron chi connectivity index (χ1n) is 8.93.